The number of methoxy groups -OCH3 is 2. The molecule has 420 valence electrons. The van der Waals surface area contributed by atoms with E-state index < -0.39 is 72.7 Å². The van der Waals surface area contributed by atoms with Crippen LogP contribution < -0.4 is 29.8 Å². The third kappa shape index (κ3) is 14.6. The molecule has 5 atom stereocenters. The number of phenols is 1. The molecule has 18 heteroatoms. The third-order valence-corrected chi connectivity index (χ3v) is 13.2. The fraction of sp³-hybridized carbons (Fsp3) is 0.270. The van der Waals surface area contributed by atoms with E-state index in [0.717, 1.165) is 32.1 Å². The van der Waals surface area contributed by atoms with E-state index in [0.29, 0.717) is 12.0 Å². The zero-order valence-corrected chi connectivity index (χ0v) is 45.2. The van der Waals surface area contributed by atoms with Crippen molar-refractivity contribution in [3.8, 4) is 28.7 Å². The van der Waals surface area contributed by atoms with Crippen molar-refractivity contribution in [2.24, 2.45) is 7.05 Å². The minimum atomic E-state index is -1.85. The number of hydrogen-bond donors (Lipinski definition) is 2. The maximum absolute atomic E-state index is 14.8. The van der Waals surface area contributed by atoms with Gasteiger partial charge in [-0.15, -0.1) is 0 Å². The van der Waals surface area contributed by atoms with Gasteiger partial charge < -0.3 is 57.6 Å². The largest absolute Gasteiger partial charge is 0.502 e. The lowest BCUT2D eigenvalue weighted by Gasteiger charge is -2.44. The predicted molar refractivity (Wildman–Crippen MR) is 300 cm³/mol. The zero-order chi connectivity index (χ0) is 57.3. The molecule has 0 unspecified atom stereocenters. The van der Waals surface area contributed by atoms with Gasteiger partial charge >= 0.3 is 23.9 Å². The van der Waals surface area contributed by atoms with Crippen LogP contribution in [0, 0.1) is 0 Å². The van der Waals surface area contributed by atoms with Gasteiger partial charge in [-0.1, -0.05) is 112 Å². The maximum atomic E-state index is 14.8. The van der Waals surface area contributed by atoms with Crippen LogP contribution in [0.3, 0.4) is 0 Å². The highest BCUT2D eigenvalue weighted by Gasteiger charge is 2.55. The first-order valence-electron chi connectivity index (χ1n) is 26.4. The van der Waals surface area contributed by atoms with Crippen molar-refractivity contribution in [3.05, 3.63) is 196 Å². The monoisotopic (exact) mass is 1100 g/mol. The molecule has 0 aliphatic carbocycles. The standard InChI is InChI=1S/C63H62N2O16/c1-5-6-7-8-9-22-35-75-56-53(46-33-32-45(38-47(46)65(2)58(56)68)64-51(66)34-31-40-36-48(73-3)52(67)49(37-40)74-4)81-63-57(80-62(72)44-29-20-13-21-30-44)55(79-61(71)43-27-18-12-19-28-43)54(78-60(70)42-25-16-11-17-26-42)50(77-63)39-76-59(69)41-23-14-10-15-24-41/h10-21,23-34,36-38,50,54-55,57,63,67H,5-9,22,35,39H2,1-4H3,(H,64,66)/b34-31+/t50-,54-,55+,57-,63+/m1/s1. The molecular formula is C63H62N2O16. The fourth-order valence-electron chi connectivity index (χ4n) is 8.97. The van der Waals surface area contributed by atoms with Crippen LogP contribution >= 0.6 is 0 Å². The summed E-state index contributed by atoms with van der Waals surface area (Å²) in [6, 6.07) is 39.7. The number of esters is 4. The molecule has 0 radical (unpaired) electrons. The van der Waals surface area contributed by atoms with Gasteiger partial charge in [0.25, 0.3) is 5.56 Å². The van der Waals surface area contributed by atoms with Gasteiger partial charge in [0.15, 0.2) is 29.5 Å². The number of aromatic nitrogens is 1. The highest BCUT2D eigenvalue weighted by atomic mass is 16.7. The summed E-state index contributed by atoms with van der Waals surface area (Å²) in [5, 5.41) is 13.5. The van der Waals surface area contributed by atoms with Gasteiger partial charge in [0.1, 0.15) is 12.7 Å². The number of carbonyl (C=O) groups excluding carboxylic acids is 5. The highest BCUT2D eigenvalue weighted by Crippen LogP contribution is 2.40. The smallest absolute Gasteiger partial charge is 0.338 e. The predicted octanol–water partition coefficient (Wildman–Crippen LogP) is 10.3. The second-order valence-electron chi connectivity index (χ2n) is 18.8. The molecular weight excluding hydrogens is 1040 g/mol. The molecule has 18 nitrogen and oxygen atoms in total. The van der Waals surface area contributed by atoms with Crippen LogP contribution in [0.2, 0.25) is 0 Å². The van der Waals surface area contributed by atoms with Crippen LogP contribution in [0.5, 0.6) is 28.7 Å². The first-order valence-corrected chi connectivity index (χ1v) is 26.4. The molecule has 2 N–H and O–H groups in total. The van der Waals surface area contributed by atoms with Crippen LogP contribution in [-0.2, 0) is 35.5 Å². The zero-order valence-electron chi connectivity index (χ0n) is 45.2. The van der Waals surface area contributed by atoms with Gasteiger partial charge in [0.2, 0.25) is 29.8 Å². The fourth-order valence-corrected chi connectivity index (χ4v) is 8.97. The number of carbonyl (C=O) groups is 5. The first-order chi connectivity index (χ1) is 39.4. The highest BCUT2D eigenvalue weighted by molar-refractivity contribution is 6.03. The van der Waals surface area contributed by atoms with E-state index in [9.17, 15) is 33.9 Å². The Labute approximate surface area is 467 Å². The van der Waals surface area contributed by atoms with Crippen molar-refractivity contribution in [1.82, 2.24) is 4.57 Å². The molecule has 7 aromatic rings. The van der Waals surface area contributed by atoms with Gasteiger partial charge in [-0.3, -0.25) is 9.59 Å². The maximum Gasteiger partial charge on any atom is 0.338 e. The molecule has 0 spiro atoms. The number of amides is 1. The van der Waals surface area contributed by atoms with Crippen molar-refractivity contribution in [2.45, 2.75) is 76.2 Å². The third-order valence-electron chi connectivity index (χ3n) is 13.2. The molecule has 1 aromatic heterocycles. The number of nitrogens with zero attached hydrogens (tertiary/aromatic N) is 1. The minimum absolute atomic E-state index is 0.0788. The second kappa shape index (κ2) is 27.9. The number of anilines is 1. The van der Waals surface area contributed by atoms with E-state index >= 15 is 0 Å². The summed E-state index contributed by atoms with van der Waals surface area (Å²) in [6.07, 6.45) is -0.417. The number of aromatic hydroxyl groups is 1. The molecule has 0 bridgehead atoms. The quantitative estimate of drug-likeness (QED) is 0.0249. The molecule has 81 heavy (non-hydrogen) atoms. The van der Waals surface area contributed by atoms with Crippen LogP contribution in [0.4, 0.5) is 5.69 Å². The molecule has 1 fully saturated rings. The molecule has 1 amide bonds. The average Bonchev–Trinajstić information content (AvgIpc) is 3.58. The molecule has 1 aliphatic rings. The van der Waals surface area contributed by atoms with E-state index in [1.807, 2.05) is 0 Å². The number of phenolic OH excluding ortho intramolecular Hbond substituents is 1. The minimum Gasteiger partial charge on any atom is -0.502 e. The topological polar surface area (TPSA) is 223 Å². The number of nitrogens with one attached hydrogen (secondary N) is 1. The van der Waals surface area contributed by atoms with Crippen molar-refractivity contribution in [3.63, 3.8) is 0 Å². The number of ether oxygens (including phenoxy) is 9. The molecule has 1 saturated heterocycles. The Kier molecular flexibility index (Phi) is 19.9. The van der Waals surface area contributed by atoms with Gasteiger partial charge in [-0.25, -0.2) is 19.2 Å². The van der Waals surface area contributed by atoms with Gasteiger partial charge in [-0.2, -0.15) is 0 Å². The Bertz CT molecular complexity index is 3360. The molecule has 1 aliphatic heterocycles. The number of benzene rings is 6. The SMILES string of the molecule is CCCCCCCCOc1c(O[C@@H]2O[C@H](COC(=O)c3ccccc3)[C@@H](OC(=O)c3ccccc3)[C@H](OC(=O)c3ccccc3)[C@H]2OC(=O)c2ccccc2)c2ccc(NC(=O)/C=C/c3cc(OC)c(O)c(OC)c3)cc2n(C)c1=O. The summed E-state index contributed by atoms with van der Waals surface area (Å²) in [7, 11) is 4.29. The molecule has 0 saturated carbocycles. The lowest BCUT2D eigenvalue weighted by atomic mass is 9.97. The summed E-state index contributed by atoms with van der Waals surface area (Å²) in [5.74, 6) is -4.44. The van der Waals surface area contributed by atoms with E-state index in [2.05, 4.69) is 12.2 Å². The first kappa shape index (κ1) is 57.7. The number of hydrogen-bond acceptors (Lipinski definition) is 16. The number of unbranched alkanes of at least 4 members (excludes halogenated alkanes) is 5. The van der Waals surface area contributed by atoms with Crippen LogP contribution in [0.1, 0.15) is 92.4 Å². The van der Waals surface area contributed by atoms with Crippen molar-refractivity contribution in [2.75, 3.05) is 32.8 Å². The molecule has 6 aromatic carbocycles. The Balaban J connectivity index is 1.24. The van der Waals surface area contributed by atoms with Crippen molar-refractivity contribution >= 4 is 52.5 Å². The van der Waals surface area contributed by atoms with Crippen LogP contribution in [0.15, 0.2) is 163 Å². The Morgan fingerprint density at radius 3 is 1.67 bits per heavy atom. The van der Waals surface area contributed by atoms with Gasteiger partial charge in [-0.05, 0) is 96.9 Å². The molecule has 8 rings (SSSR count). The normalized spacial score (nSPS) is 16.7. The summed E-state index contributed by atoms with van der Waals surface area (Å²) < 4.78 is 56.5. The Hall–Kier alpha value is -9.42. The summed E-state index contributed by atoms with van der Waals surface area (Å²) in [5.41, 5.74) is 0.771. The number of pyridine rings is 1. The molecule has 2 heterocycles. The lowest BCUT2D eigenvalue weighted by molar-refractivity contribution is -0.275. The number of rotatable bonds is 24. The van der Waals surface area contributed by atoms with E-state index in [1.165, 1.54) is 86.5 Å². The Morgan fingerprint density at radius 2 is 1.12 bits per heavy atom. The van der Waals surface area contributed by atoms with Gasteiger partial charge in [0, 0.05) is 24.2 Å². The Morgan fingerprint density at radius 1 is 0.617 bits per heavy atom. The summed E-state index contributed by atoms with van der Waals surface area (Å²) in [6.45, 7) is 1.58. The van der Waals surface area contributed by atoms with E-state index in [4.69, 9.17) is 42.6 Å². The van der Waals surface area contributed by atoms with Crippen molar-refractivity contribution in [1.29, 1.82) is 0 Å². The van der Waals surface area contributed by atoms with E-state index in [-0.39, 0.29) is 74.2 Å². The lowest BCUT2D eigenvalue weighted by Crippen LogP contribution is -2.64. The summed E-state index contributed by atoms with van der Waals surface area (Å²) >= 11 is 0. The van der Waals surface area contributed by atoms with Crippen molar-refractivity contribution < 1.29 is 71.7 Å². The number of aryl methyl sites for hydroxylation is 1. The van der Waals surface area contributed by atoms with Crippen LogP contribution in [-0.4, -0.2) is 97.6 Å². The average molecular weight is 1100 g/mol. The number of fused-ring (bicyclic) bond motifs is 1. The van der Waals surface area contributed by atoms with Crippen LogP contribution in [0.25, 0.3) is 17.0 Å². The van der Waals surface area contributed by atoms with E-state index in [1.54, 1.807) is 103 Å². The van der Waals surface area contributed by atoms with Gasteiger partial charge in [0.05, 0.1) is 48.6 Å². The second-order valence-corrected chi connectivity index (χ2v) is 18.8. The summed E-state index contributed by atoms with van der Waals surface area (Å²) in [4.78, 5) is 84.9.